The second-order valence-corrected chi connectivity index (χ2v) is 6.69. The van der Waals surface area contributed by atoms with Crippen LogP contribution in [0.25, 0.3) is 0 Å². The van der Waals surface area contributed by atoms with Crippen molar-refractivity contribution in [3.63, 3.8) is 0 Å². The van der Waals surface area contributed by atoms with Crippen molar-refractivity contribution in [2.75, 3.05) is 20.2 Å². The zero-order valence-corrected chi connectivity index (χ0v) is 12.3. The van der Waals surface area contributed by atoms with E-state index in [1.807, 2.05) is 0 Å². The summed E-state index contributed by atoms with van der Waals surface area (Å²) in [5.41, 5.74) is 0.0407. The number of rotatable bonds is 7. The van der Waals surface area contributed by atoms with Crippen molar-refractivity contribution in [1.29, 1.82) is 0 Å². The van der Waals surface area contributed by atoms with Crippen LogP contribution in [0.4, 0.5) is 0 Å². The second kappa shape index (κ2) is 5.89. The Hall–Kier alpha value is -0.120. The number of nitrogens with one attached hydrogen (secondary N) is 1. The Labute approximate surface area is 112 Å². The molecule has 2 aliphatic carbocycles. The molecule has 0 amide bonds. The largest absolute Gasteiger partial charge is 0.394 e. The molecule has 3 nitrogen and oxygen atoms in total. The van der Waals surface area contributed by atoms with Crippen molar-refractivity contribution in [1.82, 2.24) is 10.2 Å². The first kappa shape index (κ1) is 14.3. The zero-order chi connectivity index (χ0) is 13.2. The minimum atomic E-state index is 0.0407. The van der Waals surface area contributed by atoms with E-state index < -0.39 is 0 Å². The summed E-state index contributed by atoms with van der Waals surface area (Å²) in [5, 5.41) is 13.6. The SMILES string of the molecule is CC(C)N(C)CCC1CCCC1(CO)NC1CC1. The van der Waals surface area contributed by atoms with Gasteiger partial charge in [0.05, 0.1) is 6.61 Å². The van der Waals surface area contributed by atoms with Crippen LogP contribution in [0.3, 0.4) is 0 Å². The molecular weight excluding hydrogens is 224 g/mol. The molecular formula is C15H30N2O. The van der Waals surface area contributed by atoms with E-state index in [1.54, 1.807) is 0 Å². The highest BCUT2D eigenvalue weighted by atomic mass is 16.3. The predicted octanol–water partition coefficient (Wildman–Crippen LogP) is 2.00. The van der Waals surface area contributed by atoms with Crippen molar-refractivity contribution in [2.45, 2.75) is 70.0 Å². The molecule has 0 saturated heterocycles. The van der Waals surface area contributed by atoms with Gasteiger partial charge in [0, 0.05) is 17.6 Å². The van der Waals surface area contributed by atoms with Crippen LogP contribution < -0.4 is 5.32 Å². The fourth-order valence-electron chi connectivity index (χ4n) is 3.26. The molecule has 2 aliphatic rings. The van der Waals surface area contributed by atoms with Gasteiger partial charge in [-0.25, -0.2) is 0 Å². The summed E-state index contributed by atoms with van der Waals surface area (Å²) in [6.45, 7) is 5.96. The first-order valence-corrected chi connectivity index (χ1v) is 7.66. The molecule has 2 saturated carbocycles. The highest BCUT2D eigenvalue weighted by Crippen LogP contribution is 2.40. The third-order valence-electron chi connectivity index (χ3n) is 5.02. The summed E-state index contributed by atoms with van der Waals surface area (Å²) < 4.78 is 0. The van der Waals surface area contributed by atoms with Gasteiger partial charge in [-0.2, -0.15) is 0 Å². The van der Waals surface area contributed by atoms with Crippen molar-refractivity contribution >= 4 is 0 Å². The number of nitrogens with zero attached hydrogens (tertiary/aromatic N) is 1. The van der Waals surface area contributed by atoms with Gasteiger partial charge in [-0.1, -0.05) is 6.42 Å². The molecule has 2 fully saturated rings. The van der Waals surface area contributed by atoms with Gasteiger partial charge >= 0.3 is 0 Å². The van der Waals surface area contributed by atoms with E-state index in [0.717, 1.165) is 13.0 Å². The Morgan fingerprint density at radius 1 is 1.33 bits per heavy atom. The van der Waals surface area contributed by atoms with Gasteiger partial charge in [0.2, 0.25) is 0 Å². The minimum Gasteiger partial charge on any atom is -0.394 e. The third kappa shape index (κ3) is 3.25. The van der Waals surface area contributed by atoms with E-state index in [4.69, 9.17) is 0 Å². The fourth-order valence-corrected chi connectivity index (χ4v) is 3.26. The monoisotopic (exact) mass is 254 g/mol. The molecule has 0 aromatic heterocycles. The van der Waals surface area contributed by atoms with Gasteiger partial charge in [-0.05, 0) is 65.5 Å². The zero-order valence-electron chi connectivity index (χ0n) is 12.3. The lowest BCUT2D eigenvalue weighted by molar-refractivity contribution is 0.109. The molecule has 0 aromatic rings. The number of aliphatic hydroxyl groups is 1. The first-order valence-electron chi connectivity index (χ1n) is 7.66. The maximum absolute atomic E-state index is 9.86. The van der Waals surface area contributed by atoms with Crippen LogP contribution in [0, 0.1) is 5.92 Å². The van der Waals surface area contributed by atoms with Gasteiger partial charge in [0.15, 0.2) is 0 Å². The molecule has 0 bridgehead atoms. The average molecular weight is 254 g/mol. The van der Waals surface area contributed by atoms with Gasteiger partial charge in [-0.3, -0.25) is 0 Å². The van der Waals surface area contributed by atoms with Crippen LogP contribution in [0.15, 0.2) is 0 Å². The van der Waals surface area contributed by atoms with Gasteiger partial charge < -0.3 is 15.3 Å². The van der Waals surface area contributed by atoms with Crippen LogP contribution in [0.2, 0.25) is 0 Å². The molecule has 0 heterocycles. The van der Waals surface area contributed by atoms with Crippen LogP contribution in [0.1, 0.15) is 52.4 Å². The van der Waals surface area contributed by atoms with E-state index >= 15 is 0 Å². The molecule has 0 radical (unpaired) electrons. The normalized spacial score (nSPS) is 32.7. The van der Waals surface area contributed by atoms with Crippen LogP contribution in [0.5, 0.6) is 0 Å². The van der Waals surface area contributed by atoms with Crippen molar-refractivity contribution in [2.24, 2.45) is 5.92 Å². The van der Waals surface area contributed by atoms with Crippen molar-refractivity contribution in [3.05, 3.63) is 0 Å². The molecule has 3 heteroatoms. The maximum atomic E-state index is 9.86. The van der Waals surface area contributed by atoms with Crippen molar-refractivity contribution in [3.8, 4) is 0 Å². The smallest absolute Gasteiger partial charge is 0.0616 e. The second-order valence-electron chi connectivity index (χ2n) is 6.69. The lowest BCUT2D eigenvalue weighted by Gasteiger charge is -2.36. The summed E-state index contributed by atoms with van der Waals surface area (Å²) in [4.78, 5) is 2.41. The lowest BCUT2D eigenvalue weighted by atomic mass is 9.85. The fraction of sp³-hybridized carbons (Fsp3) is 1.00. The van der Waals surface area contributed by atoms with E-state index in [2.05, 4.69) is 31.1 Å². The minimum absolute atomic E-state index is 0.0407. The highest BCUT2D eigenvalue weighted by molar-refractivity contribution is 5.03. The van der Waals surface area contributed by atoms with Crippen LogP contribution >= 0.6 is 0 Å². The van der Waals surface area contributed by atoms with Crippen LogP contribution in [-0.2, 0) is 0 Å². The number of hydrogen-bond acceptors (Lipinski definition) is 3. The summed E-state index contributed by atoms with van der Waals surface area (Å²) in [6.07, 6.45) is 7.55. The summed E-state index contributed by atoms with van der Waals surface area (Å²) in [7, 11) is 2.20. The Morgan fingerprint density at radius 3 is 2.61 bits per heavy atom. The molecule has 2 atom stereocenters. The number of hydrogen-bond donors (Lipinski definition) is 2. The quantitative estimate of drug-likeness (QED) is 0.729. The van der Waals surface area contributed by atoms with E-state index in [9.17, 15) is 5.11 Å². The molecule has 0 aliphatic heterocycles. The maximum Gasteiger partial charge on any atom is 0.0616 e. The molecule has 18 heavy (non-hydrogen) atoms. The topological polar surface area (TPSA) is 35.5 Å². The van der Waals surface area contributed by atoms with Gasteiger partial charge in [-0.15, -0.1) is 0 Å². The Morgan fingerprint density at radius 2 is 2.06 bits per heavy atom. The molecule has 0 aromatic carbocycles. The molecule has 0 spiro atoms. The summed E-state index contributed by atoms with van der Waals surface area (Å²) in [6, 6.07) is 1.31. The molecule has 2 N–H and O–H groups in total. The third-order valence-corrected chi connectivity index (χ3v) is 5.02. The highest BCUT2D eigenvalue weighted by Gasteiger charge is 2.44. The Balaban J connectivity index is 1.88. The first-order chi connectivity index (χ1) is 8.57. The Bertz CT molecular complexity index is 265. The molecule has 2 unspecified atom stereocenters. The van der Waals surface area contributed by atoms with Gasteiger partial charge in [0.25, 0.3) is 0 Å². The summed E-state index contributed by atoms with van der Waals surface area (Å²) >= 11 is 0. The predicted molar refractivity (Wildman–Crippen MR) is 75.7 cm³/mol. The summed E-state index contributed by atoms with van der Waals surface area (Å²) in [5.74, 6) is 0.657. The average Bonchev–Trinajstić information content (AvgIpc) is 3.06. The van der Waals surface area contributed by atoms with E-state index in [1.165, 1.54) is 32.1 Å². The van der Waals surface area contributed by atoms with Crippen LogP contribution in [-0.4, -0.2) is 47.8 Å². The van der Waals surface area contributed by atoms with E-state index in [-0.39, 0.29) is 5.54 Å². The van der Waals surface area contributed by atoms with E-state index in [0.29, 0.717) is 24.6 Å². The number of aliphatic hydroxyl groups excluding tert-OH is 1. The molecule has 2 rings (SSSR count). The Kier molecular flexibility index (Phi) is 4.68. The standard InChI is InChI=1S/C15H30N2O/c1-12(2)17(3)10-8-13-5-4-9-15(13,11-18)16-14-6-7-14/h12-14,16,18H,4-11H2,1-3H3. The molecule has 106 valence electrons. The van der Waals surface area contributed by atoms with Crippen molar-refractivity contribution < 1.29 is 5.11 Å². The van der Waals surface area contributed by atoms with Gasteiger partial charge in [0.1, 0.15) is 0 Å². The lowest BCUT2D eigenvalue weighted by Crippen LogP contribution is -2.53.